The van der Waals surface area contributed by atoms with E-state index in [1.54, 1.807) is 6.20 Å². The summed E-state index contributed by atoms with van der Waals surface area (Å²) in [6.07, 6.45) is 4.83. The molecule has 1 aromatic heterocycles. The fourth-order valence-electron chi connectivity index (χ4n) is 1.71. The predicted molar refractivity (Wildman–Crippen MR) is 86.6 cm³/mol. The van der Waals surface area contributed by atoms with Gasteiger partial charge in [0.25, 0.3) is 0 Å². The summed E-state index contributed by atoms with van der Waals surface area (Å²) in [5, 5.41) is 12.5. The Hall–Kier alpha value is -0.890. The topological polar surface area (TPSA) is 83.5 Å². The van der Waals surface area contributed by atoms with E-state index in [4.69, 9.17) is 5.73 Å². The molecule has 1 unspecified atom stereocenters. The molecule has 0 spiro atoms. The summed E-state index contributed by atoms with van der Waals surface area (Å²) in [5.74, 6) is 0.552. The highest BCUT2D eigenvalue weighted by atomic mass is 127. The molecule has 1 aliphatic carbocycles. The number of aliphatic imine (C=N–C) groups is 1. The molecule has 106 valence electrons. The number of hydrogen-bond acceptors (Lipinski definition) is 3. The van der Waals surface area contributed by atoms with Crippen LogP contribution in [0.3, 0.4) is 0 Å². The van der Waals surface area contributed by atoms with E-state index >= 15 is 0 Å². The van der Waals surface area contributed by atoms with E-state index in [2.05, 4.69) is 15.3 Å². The quantitative estimate of drug-likeness (QED) is 0.392. The summed E-state index contributed by atoms with van der Waals surface area (Å²) in [5.41, 5.74) is 6.73. The number of guanidine groups is 1. The summed E-state index contributed by atoms with van der Waals surface area (Å²) < 4.78 is 0. The van der Waals surface area contributed by atoms with Crippen molar-refractivity contribution in [1.29, 1.82) is 0 Å². The monoisotopic (exact) mass is 376 g/mol. The van der Waals surface area contributed by atoms with Crippen molar-refractivity contribution in [2.45, 2.75) is 25.3 Å². The van der Waals surface area contributed by atoms with Gasteiger partial charge in [-0.25, -0.2) is 0 Å². The van der Waals surface area contributed by atoms with E-state index in [0.29, 0.717) is 18.5 Å². The van der Waals surface area contributed by atoms with Crippen molar-refractivity contribution in [1.82, 2.24) is 10.3 Å². The van der Waals surface area contributed by atoms with Crippen LogP contribution in [-0.4, -0.2) is 35.2 Å². The largest absolute Gasteiger partial charge is 0.396 e. The molecular weight excluding hydrogens is 355 g/mol. The number of aliphatic hydroxyl groups is 1. The van der Waals surface area contributed by atoms with Gasteiger partial charge < -0.3 is 16.2 Å². The molecule has 0 saturated heterocycles. The highest BCUT2D eigenvalue weighted by Gasteiger charge is 2.21. The maximum atomic E-state index is 9.34. The van der Waals surface area contributed by atoms with Crippen LogP contribution in [-0.2, 0) is 6.42 Å². The van der Waals surface area contributed by atoms with Crippen molar-refractivity contribution in [2.24, 2.45) is 16.6 Å². The molecule has 5 nitrogen and oxygen atoms in total. The Morgan fingerprint density at radius 2 is 2.32 bits per heavy atom. The molecule has 4 N–H and O–H groups in total. The first-order chi connectivity index (χ1) is 8.78. The molecule has 1 atom stereocenters. The fourth-order valence-corrected chi connectivity index (χ4v) is 1.71. The van der Waals surface area contributed by atoms with Crippen molar-refractivity contribution >= 4 is 29.9 Å². The predicted octanol–water partition coefficient (Wildman–Crippen LogP) is 0.917. The molecular formula is C13H21IN4O. The summed E-state index contributed by atoms with van der Waals surface area (Å²) in [7, 11) is 0. The highest BCUT2D eigenvalue weighted by molar-refractivity contribution is 14.0. The lowest BCUT2D eigenvalue weighted by Gasteiger charge is -2.11. The van der Waals surface area contributed by atoms with E-state index in [-0.39, 0.29) is 36.5 Å². The second kappa shape index (κ2) is 8.31. The number of pyridine rings is 1. The summed E-state index contributed by atoms with van der Waals surface area (Å²) in [6, 6.07) is 6.30. The van der Waals surface area contributed by atoms with E-state index in [9.17, 15) is 5.11 Å². The van der Waals surface area contributed by atoms with Crippen molar-refractivity contribution in [3.63, 3.8) is 0 Å². The molecule has 0 radical (unpaired) electrons. The first kappa shape index (κ1) is 16.2. The van der Waals surface area contributed by atoms with Crippen molar-refractivity contribution < 1.29 is 5.11 Å². The average Bonchev–Trinajstić information content (AvgIpc) is 3.19. The Kier molecular flexibility index (Phi) is 7.07. The number of nitrogens with zero attached hydrogens (tertiary/aromatic N) is 2. The Labute approximate surface area is 130 Å². The highest BCUT2D eigenvalue weighted by Crippen LogP contribution is 2.18. The van der Waals surface area contributed by atoms with Crippen LogP contribution in [0.1, 0.15) is 18.5 Å². The van der Waals surface area contributed by atoms with Crippen molar-refractivity contribution in [3.8, 4) is 0 Å². The van der Waals surface area contributed by atoms with Gasteiger partial charge in [-0.1, -0.05) is 6.07 Å². The normalized spacial score (nSPS) is 16.6. The van der Waals surface area contributed by atoms with Gasteiger partial charge in [0.2, 0.25) is 0 Å². The number of hydrogen-bond donors (Lipinski definition) is 3. The van der Waals surface area contributed by atoms with Crippen LogP contribution in [0.25, 0.3) is 0 Å². The van der Waals surface area contributed by atoms with Crippen molar-refractivity contribution in [2.75, 3.05) is 13.2 Å². The van der Waals surface area contributed by atoms with Gasteiger partial charge in [-0.15, -0.1) is 24.0 Å². The lowest BCUT2D eigenvalue weighted by Crippen LogP contribution is -2.34. The molecule has 1 aromatic rings. The van der Waals surface area contributed by atoms with Crippen LogP contribution in [0.4, 0.5) is 0 Å². The smallest absolute Gasteiger partial charge is 0.188 e. The third-order valence-corrected chi connectivity index (χ3v) is 2.93. The number of halogens is 1. The van der Waals surface area contributed by atoms with E-state index < -0.39 is 0 Å². The minimum absolute atomic E-state index is 0. The first-order valence-corrected chi connectivity index (χ1v) is 6.35. The van der Waals surface area contributed by atoms with Gasteiger partial charge in [0.1, 0.15) is 0 Å². The van der Waals surface area contributed by atoms with Gasteiger partial charge in [-0.05, 0) is 31.4 Å². The van der Waals surface area contributed by atoms with Crippen LogP contribution in [0.5, 0.6) is 0 Å². The van der Waals surface area contributed by atoms with E-state index in [0.717, 1.165) is 12.1 Å². The van der Waals surface area contributed by atoms with Gasteiger partial charge in [-0.2, -0.15) is 0 Å². The van der Waals surface area contributed by atoms with Crippen LogP contribution in [0.15, 0.2) is 29.4 Å². The Balaban J connectivity index is 0.00000180. The van der Waals surface area contributed by atoms with Crippen LogP contribution in [0.2, 0.25) is 0 Å². The summed E-state index contributed by atoms with van der Waals surface area (Å²) in [6.45, 7) is 0.620. The lowest BCUT2D eigenvalue weighted by atomic mass is 10.0. The molecule has 19 heavy (non-hydrogen) atoms. The third kappa shape index (κ3) is 6.20. The average molecular weight is 376 g/mol. The molecule has 2 rings (SSSR count). The molecule has 1 saturated carbocycles. The zero-order valence-electron chi connectivity index (χ0n) is 10.8. The summed E-state index contributed by atoms with van der Waals surface area (Å²) in [4.78, 5) is 8.51. The van der Waals surface area contributed by atoms with Gasteiger partial charge in [-0.3, -0.25) is 9.98 Å². The number of nitrogens with two attached hydrogens (primary N) is 1. The lowest BCUT2D eigenvalue weighted by molar-refractivity contribution is 0.229. The van der Waals surface area contributed by atoms with Crippen LogP contribution >= 0.6 is 24.0 Å². The maximum absolute atomic E-state index is 9.34. The fraction of sp³-hybridized carbons (Fsp3) is 0.538. The Bertz CT molecular complexity index is 395. The van der Waals surface area contributed by atoms with Gasteiger partial charge in [0.15, 0.2) is 5.96 Å². The summed E-state index contributed by atoms with van der Waals surface area (Å²) >= 11 is 0. The van der Waals surface area contributed by atoms with Crippen molar-refractivity contribution in [3.05, 3.63) is 30.1 Å². The minimum atomic E-state index is 0. The van der Waals surface area contributed by atoms with E-state index in [1.165, 1.54) is 12.8 Å². The second-order valence-electron chi connectivity index (χ2n) is 4.72. The Morgan fingerprint density at radius 3 is 2.89 bits per heavy atom. The zero-order valence-corrected chi connectivity index (χ0v) is 13.2. The number of rotatable bonds is 6. The van der Waals surface area contributed by atoms with Gasteiger partial charge in [0.05, 0.1) is 0 Å². The number of nitrogens with one attached hydrogen (secondary N) is 1. The number of aliphatic hydroxyl groups excluding tert-OH is 1. The van der Waals surface area contributed by atoms with Crippen LogP contribution in [0, 0.1) is 5.92 Å². The molecule has 6 heteroatoms. The van der Waals surface area contributed by atoms with Gasteiger partial charge >= 0.3 is 0 Å². The number of aromatic nitrogens is 1. The SMILES string of the molecule is I.NC(=NCC(CO)Cc1ccccn1)NC1CC1. The molecule has 1 aliphatic rings. The molecule has 0 bridgehead atoms. The first-order valence-electron chi connectivity index (χ1n) is 6.35. The standard InChI is InChI=1S/C13H20N4O.HI/c14-13(17-11-4-5-11)16-8-10(9-18)7-12-3-1-2-6-15-12;/h1-3,6,10-11,18H,4-5,7-9H2,(H3,14,16,17);1H. The molecule has 0 aromatic carbocycles. The maximum Gasteiger partial charge on any atom is 0.188 e. The minimum Gasteiger partial charge on any atom is -0.396 e. The molecule has 0 amide bonds. The molecule has 1 heterocycles. The van der Waals surface area contributed by atoms with E-state index in [1.807, 2.05) is 18.2 Å². The second-order valence-corrected chi connectivity index (χ2v) is 4.72. The van der Waals surface area contributed by atoms with Crippen LogP contribution < -0.4 is 11.1 Å². The zero-order chi connectivity index (χ0) is 12.8. The molecule has 0 aliphatic heterocycles. The molecule has 1 fully saturated rings. The third-order valence-electron chi connectivity index (χ3n) is 2.93. The Morgan fingerprint density at radius 1 is 1.53 bits per heavy atom. The van der Waals surface area contributed by atoms with Gasteiger partial charge in [0, 0.05) is 37.0 Å².